The van der Waals surface area contributed by atoms with Crippen LogP contribution in [0, 0.1) is 0 Å². The Labute approximate surface area is 211 Å². The molecule has 6 heteroatoms. The number of aromatic hydroxyl groups is 1. The van der Waals surface area contributed by atoms with Crippen molar-refractivity contribution in [1.29, 1.82) is 0 Å². The van der Waals surface area contributed by atoms with Crippen LogP contribution in [0.5, 0.6) is 5.75 Å². The van der Waals surface area contributed by atoms with Gasteiger partial charge in [0.05, 0.1) is 5.69 Å². The van der Waals surface area contributed by atoms with Crippen LogP contribution in [0.3, 0.4) is 0 Å². The molecule has 186 valence electrons. The van der Waals surface area contributed by atoms with Crippen LogP contribution in [-0.2, 0) is 17.8 Å². The number of carboxylic acids is 1. The lowest BCUT2D eigenvalue weighted by atomic mass is 10.0. The standard InChI is InChI=1S/C30H32N2O4/c1-3-21-12-15-23(16-13-21)31(2)27-17-14-22(19-28(27)33)30(36)25-20-32(18-8-4-5-11-29(34)35)26-10-7-6-9-24(25)26/h6-7,9-10,12-17,19-20,33H,3-5,8,11,18H2,1-2H3,(H,34,35). The second-order valence-electron chi connectivity index (χ2n) is 9.07. The Morgan fingerprint density at radius 1 is 0.944 bits per heavy atom. The average molecular weight is 485 g/mol. The van der Waals surface area contributed by atoms with Gasteiger partial charge in [-0.15, -0.1) is 0 Å². The molecule has 4 rings (SSSR count). The van der Waals surface area contributed by atoms with Gasteiger partial charge in [-0.2, -0.15) is 0 Å². The maximum atomic E-state index is 13.5. The third-order valence-corrected chi connectivity index (χ3v) is 6.65. The third kappa shape index (κ3) is 5.43. The number of hydrogen-bond acceptors (Lipinski definition) is 4. The molecule has 0 aliphatic carbocycles. The van der Waals surface area contributed by atoms with Gasteiger partial charge >= 0.3 is 5.97 Å². The molecule has 36 heavy (non-hydrogen) atoms. The quantitative estimate of drug-likeness (QED) is 0.186. The van der Waals surface area contributed by atoms with Gasteiger partial charge in [-0.3, -0.25) is 9.59 Å². The number of aryl methyl sites for hydroxylation is 2. The fraction of sp³-hybridized carbons (Fsp3) is 0.267. The molecule has 6 nitrogen and oxygen atoms in total. The highest BCUT2D eigenvalue weighted by molar-refractivity contribution is 6.16. The van der Waals surface area contributed by atoms with Gasteiger partial charge in [-0.25, -0.2) is 0 Å². The van der Waals surface area contributed by atoms with E-state index in [0.29, 0.717) is 29.8 Å². The predicted molar refractivity (Wildman–Crippen MR) is 143 cm³/mol. The van der Waals surface area contributed by atoms with Gasteiger partial charge in [0.2, 0.25) is 0 Å². The van der Waals surface area contributed by atoms with Crippen molar-refractivity contribution in [3.05, 3.63) is 89.6 Å². The Kier molecular flexibility index (Phi) is 7.74. The van der Waals surface area contributed by atoms with Gasteiger partial charge in [0, 0.05) is 53.9 Å². The fourth-order valence-corrected chi connectivity index (χ4v) is 4.55. The Morgan fingerprint density at radius 2 is 1.69 bits per heavy atom. The van der Waals surface area contributed by atoms with E-state index in [1.54, 1.807) is 12.1 Å². The van der Waals surface area contributed by atoms with Crippen molar-refractivity contribution in [2.24, 2.45) is 0 Å². The third-order valence-electron chi connectivity index (χ3n) is 6.65. The summed E-state index contributed by atoms with van der Waals surface area (Å²) in [5.74, 6) is -0.873. The largest absolute Gasteiger partial charge is 0.506 e. The van der Waals surface area contributed by atoms with Gasteiger partial charge in [0.1, 0.15) is 5.75 Å². The van der Waals surface area contributed by atoms with Gasteiger partial charge in [0.15, 0.2) is 5.78 Å². The maximum absolute atomic E-state index is 13.5. The molecule has 1 heterocycles. The van der Waals surface area contributed by atoms with Crippen LogP contribution in [0.25, 0.3) is 10.9 Å². The summed E-state index contributed by atoms with van der Waals surface area (Å²) in [4.78, 5) is 26.1. The molecule has 0 unspecified atom stereocenters. The number of ketones is 1. The molecule has 0 aliphatic heterocycles. The van der Waals surface area contributed by atoms with Crippen LogP contribution in [0.15, 0.2) is 72.9 Å². The number of para-hydroxylation sites is 1. The molecule has 2 N–H and O–H groups in total. The Balaban J connectivity index is 1.55. The monoisotopic (exact) mass is 484 g/mol. The fourth-order valence-electron chi connectivity index (χ4n) is 4.55. The molecule has 0 atom stereocenters. The molecule has 0 bridgehead atoms. The first kappa shape index (κ1) is 25.0. The summed E-state index contributed by atoms with van der Waals surface area (Å²) in [7, 11) is 1.89. The lowest BCUT2D eigenvalue weighted by Crippen LogP contribution is -2.10. The summed E-state index contributed by atoms with van der Waals surface area (Å²) in [5.41, 5.74) is 4.81. The SMILES string of the molecule is CCc1ccc(N(C)c2ccc(C(=O)c3cn(CCCCCC(=O)O)c4ccccc34)cc2O)cc1. The van der Waals surface area contributed by atoms with Gasteiger partial charge in [-0.1, -0.05) is 43.7 Å². The minimum absolute atomic E-state index is 0.0464. The van der Waals surface area contributed by atoms with Crippen LogP contribution in [0.1, 0.15) is 54.1 Å². The minimum atomic E-state index is -0.774. The second kappa shape index (κ2) is 11.1. The van der Waals surface area contributed by atoms with Crippen LogP contribution < -0.4 is 4.90 Å². The van der Waals surface area contributed by atoms with E-state index in [1.807, 2.05) is 54.5 Å². The Morgan fingerprint density at radius 3 is 2.39 bits per heavy atom. The first-order valence-corrected chi connectivity index (χ1v) is 12.4. The molecule has 0 aliphatic rings. The smallest absolute Gasteiger partial charge is 0.303 e. The summed E-state index contributed by atoms with van der Waals surface area (Å²) in [6, 6.07) is 21.0. The van der Waals surface area contributed by atoms with E-state index in [9.17, 15) is 14.7 Å². The van der Waals surface area contributed by atoms with Crippen LogP contribution in [-0.4, -0.2) is 33.6 Å². The number of hydrogen-bond donors (Lipinski definition) is 2. The van der Waals surface area contributed by atoms with Crippen molar-refractivity contribution in [2.75, 3.05) is 11.9 Å². The van der Waals surface area contributed by atoms with Gasteiger partial charge in [-0.05, 0) is 61.2 Å². The molecular formula is C30H32N2O4. The first-order chi connectivity index (χ1) is 17.4. The number of phenolic OH excluding ortho intramolecular Hbond substituents is 1. The zero-order chi connectivity index (χ0) is 25.7. The number of carboxylic acid groups (broad SMARTS) is 1. The first-order valence-electron chi connectivity index (χ1n) is 12.4. The maximum Gasteiger partial charge on any atom is 0.303 e. The highest BCUT2D eigenvalue weighted by Crippen LogP contribution is 2.34. The van der Waals surface area contributed by atoms with Crippen molar-refractivity contribution < 1.29 is 19.8 Å². The second-order valence-corrected chi connectivity index (χ2v) is 9.07. The highest BCUT2D eigenvalue weighted by Gasteiger charge is 2.19. The van der Waals surface area contributed by atoms with E-state index >= 15 is 0 Å². The molecule has 0 spiro atoms. The van der Waals surface area contributed by atoms with Crippen molar-refractivity contribution in [3.63, 3.8) is 0 Å². The zero-order valence-corrected chi connectivity index (χ0v) is 20.8. The molecular weight excluding hydrogens is 452 g/mol. The summed E-state index contributed by atoms with van der Waals surface area (Å²) in [5, 5.41) is 20.5. The number of fused-ring (bicyclic) bond motifs is 1. The molecule has 0 radical (unpaired) electrons. The molecule has 4 aromatic rings. The van der Waals surface area contributed by atoms with E-state index in [2.05, 4.69) is 23.6 Å². The van der Waals surface area contributed by atoms with Crippen molar-refractivity contribution >= 4 is 34.0 Å². The molecule has 3 aromatic carbocycles. The summed E-state index contributed by atoms with van der Waals surface area (Å²) in [6.45, 7) is 2.82. The van der Waals surface area contributed by atoms with E-state index in [0.717, 1.165) is 35.9 Å². The number of unbranched alkanes of at least 4 members (excludes halogenated alkanes) is 2. The summed E-state index contributed by atoms with van der Waals surface area (Å²) in [6.07, 6.45) is 5.30. The highest BCUT2D eigenvalue weighted by atomic mass is 16.4. The van der Waals surface area contributed by atoms with Crippen molar-refractivity contribution in [2.45, 2.75) is 45.6 Å². The van der Waals surface area contributed by atoms with E-state index in [1.165, 1.54) is 11.6 Å². The number of carbonyl (C=O) groups is 2. The normalized spacial score (nSPS) is 11.1. The number of nitrogens with zero attached hydrogens (tertiary/aromatic N) is 2. The topological polar surface area (TPSA) is 82.8 Å². The zero-order valence-electron chi connectivity index (χ0n) is 20.8. The average Bonchev–Trinajstić information content (AvgIpc) is 3.26. The molecule has 0 amide bonds. The van der Waals surface area contributed by atoms with Crippen molar-refractivity contribution in [1.82, 2.24) is 4.57 Å². The number of aliphatic carboxylic acids is 1. The van der Waals surface area contributed by atoms with Crippen LogP contribution in [0.4, 0.5) is 11.4 Å². The lowest BCUT2D eigenvalue weighted by Gasteiger charge is -2.21. The number of anilines is 2. The predicted octanol–water partition coefficient (Wildman–Crippen LogP) is 6.55. The van der Waals surface area contributed by atoms with Gasteiger partial charge < -0.3 is 19.7 Å². The molecule has 0 fully saturated rings. The number of benzene rings is 3. The number of carbonyl (C=O) groups excluding carboxylic acids is 1. The van der Waals surface area contributed by atoms with Gasteiger partial charge in [0.25, 0.3) is 0 Å². The van der Waals surface area contributed by atoms with Crippen molar-refractivity contribution in [3.8, 4) is 5.75 Å². The summed E-state index contributed by atoms with van der Waals surface area (Å²) < 4.78 is 2.06. The summed E-state index contributed by atoms with van der Waals surface area (Å²) >= 11 is 0. The van der Waals surface area contributed by atoms with E-state index < -0.39 is 5.97 Å². The molecule has 0 saturated heterocycles. The lowest BCUT2D eigenvalue weighted by molar-refractivity contribution is -0.137. The van der Waals surface area contributed by atoms with Crippen LogP contribution >= 0.6 is 0 Å². The minimum Gasteiger partial charge on any atom is -0.506 e. The molecule has 0 saturated carbocycles. The Hall–Kier alpha value is -4.06. The van der Waals surface area contributed by atoms with E-state index in [4.69, 9.17) is 5.11 Å². The Bertz CT molecular complexity index is 1370. The number of rotatable bonds is 11. The number of aromatic nitrogens is 1. The molecule has 1 aromatic heterocycles. The number of phenols is 1. The van der Waals surface area contributed by atoms with E-state index in [-0.39, 0.29) is 18.0 Å². The van der Waals surface area contributed by atoms with Crippen LogP contribution in [0.2, 0.25) is 0 Å².